The van der Waals surface area contributed by atoms with Gasteiger partial charge in [-0.1, -0.05) is 0 Å². The van der Waals surface area contributed by atoms with E-state index in [0.29, 0.717) is 12.8 Å². The summed E-state index contributed by atoms with van der Waals surface area (Å²) in [7, 11) is 0. The standard InChI is InChI=1S/C18H30N2O6/c1-16(2,3)25-14(23)19-11-8-10-9-12(11)20(18(10,7)13(21)22)15(24)26-17(4,5)6/h10-12H,8-9H2,1-7H3,(H,19,23)(H,21,22)/t10-,11-,12-,18+/m1/s1. The highest BCUT2D eigenvalue weighted by Crippen LogP contribution is 2.50. The first-order chi connectivity index (χ1) is 11.6. The van der Waals surface area contributed by atoms with Crippen LogP contribution in [0.4, 0.5) is 9.59 Å². The van der Waals surface area contributed by atoms with Crippen LogP contribution < -0.4 is 5.32 Å². The van der Waals surface area contributed by atoms with E-state index < -0.39 is 40.9 Å². The normalized spacial score (nSPS) is 30.9. The Morgan fingerprint density at radius 3 is 2.04 bits per heavy atom. The maximum Gasteiger partial charge on any atom is 0.411 e. The van der Waals surface area contributed by atoms with E-state index in [1.54, 1.807) is 48.5 Å². The number of amides is 2. The lowest BCUT2D eigenvalue weighted by molar-refractivity contribution is -0.153. The molecular formula is C18H30N2O6. The average Bonchev–Trinajstić information content (AvgIpc) is 2.90. The third-order valence-electron chi connectivity index (χ3n) is 4.88. The average molecular weight is 370 g/mol. The molecule has 0 radical (unpaired) electrons. The van der Waals surface area contributed by atoms with Crippen LogP contribution in [0.5, 0.6) is 0 Å². The molecular weight excluding hydrogens is 340 g/mol. The summed E-state index contributed by atoms with van der Waals surface area (Å²) >= 11 is 0. The highest BCUT2D eigenvalue weighted by molar-refractivity contribution is 5.86. The van der Waals surface area contributed by atoms with Crippen LogP contribution in [-0.2, 0) is 14.3 Å². The molecule has 1 heterocycles. The van der Waals surface area contributed by atoms with E-state index in [1.165, 1.54) is 4.90 Å². The van der Waals surface area contributed by atoms with Gasteiger partial charge in [0.2, 0.25) is 0 Å². The molecule has 1 saturated heterocycles. The van der Waals surface area contributed by atoms with Crippen LogP contribution in [0.25, 0.3) is 0 Å². The van der Waals surface area contributed by atoms with E-state index in [-0.39, 0.29) is 12.0 Å². The minimum absolute atomic E-state index is 0.266. The molecule has 26 heavy (non-hydrogen) atoms. The zero-order valence-electron chi connectivity index (χ0n) is 16.6. The van der Waals surface area contributed by atoms with Gasteiger partial charge in [-0.15, -0.1) is 0 Å². The summed E-state index contributed by atoms with van der Waals surface area (Å²) in [5.41, 5.74) is -2.73. The molecule has 1 aliphatic carbocycles. The van der Waals surface area contributed by atoms with E-state index >= 15 is 0 Å². The van der Waals surface area contributed by atoms with E-state index in [2.05, 4.69) is 5.32 Å². The molecule has 4 atom stereocenters. The molecule has 8 heteroatoms. The lowest BCUT2D eigenvalue weighted by Gasteiger charge is -2.44. The number of piperidine rings is 1. The molecule has 8 nitrogen and oxygen atoms in total. The zero-order valence-corrected chi connectivity index (χ0v) is 16.6. The Bertz CT molecular complexity index is 604. The number of rotatable bonds is 2. The second-order valence-corrected chi connectivity index (χ2v) is 9.29. The number of fused-ring (bicyclic) bond motifs is 2. The van der Waals surface area contributed by atoms with Gasteiger partial charge in [0.05, 0.1) is 12.1 Å². The smallest absolute Gasteiger partial charge is 0.411 e. The topological polar surface area (TPSA) is 105 Å². The minimum Gasteiger partial charge on any atom is -0.479 e. The number of carbonyl (C=O) groups is 3. The SMILES string of the molecule is CC(C)(C)OC(=O)N[C@@H]1C[C@@H]2C[C@H]1N(C(=O)OC(C)(C)C)[C@]2(C)C(=O)O. The summed E-state index contributed by atoms with van der Waals surface area (Å²) in [4.78, 5) is 38.1. The van der Waals surface area contributed by atoms with Gasteiger partial charge in [-0.25, -0.2) is 14.4 Å². The van der Waals surface area contributed by atoms with Gasteiger partial charge in [-0.2, -0.15) is 0 Å². The summed E-state index contributed by atoms with van der Waals surface area (Å²) in [6, 6.07) is -0.807. The van der Waals surface area contributed by atoms with Crippen molar-refractivity contribution in [1.29, 1.82) is 0 Å². The molecule has 2 N–H and O–H groups in total. The number of aliphatic carboxylic acids is 1. The number of likely N-dealkylation sites (tertiary alicyclic amines) is 1. The van der Waals surface area contributed by atoms with Gasteiger partial charge in [-0.05, 0) is 67.2 Å². The van der Waals surface area contributed by atoms with Crippen molar-refractivity contribution in [2.24, 2.45) is 5.92 Å². The molecule has 2 aliphatic rings. The molecule has 0 unspecified atom stereocenters. The molecule has 0 aromatic heterocycles. The Morgan fingerprint density at radius 2 is 1.58 bits per heavy atom. The summed E-state index contributed by atoms with van der Waals surface area (Å²) in [5, 5.41) is 12.6. The number of hydrogen-bond donors (Lipinski definition) is 2. The number of nitrogens with zero attached hydrogens (tertiary/aromatic N) is 1. The number of hydrogen-bond acceptors (Lipinski definition) is 5. The van der Waals surface area contributed by atoms with Crippen molar-refractivity contribution in [2.75, 3.05) is 0 Å². The molecule has 2 rings (SSSR count). The molecule has 0 aromatic carbocycles. The predicted octanol–water partition coefficient (Wildman–Crippen LogP) is 2.75. The third kappa shape index (κ3) is 3.88. The van der Waals surface area contributed by atoms with E-state index in [0.717, 1.165) is 0 Å². The second kappa shape index (κ2) is 6.32. The largest absolute Gasteiger partial charge is 0.479 e. The highest BCUT2D eigenvalue weighted by atomic mass is 16.6. The van der Waals surface area contributed by atoms with E-state index in [9.17, 15) is 19.5 Å². The molecule has 0 aromatic rings. The molecule has 1 saturated carbocycles. The first-order valence-electron chi connectivity index (χ1n) is 8.90. The summed E-state index contributed by atoms with van der Waals surface area (Å²) < 4.78 is 10.7. The van der Waals surface area contributed by atoms with Crippen molar-refractivity contribution < 1.29 is 29.0 Å². The number of carboxylic acids is 1. The number of carboxylic acid groups (broad SMARTS) is 1. The van der Waals surface area contributed by atoms with Crippen LogP contribution in [0, 0.1) is 5.92 Å². The minimum atomic E-state index is -1.35. The van der Waals surface area contributed by atoms with Crippen molar-refractivity contribution in [2.45, 2.75) is 90.1 Å². The number of carbonyl (C=O) groups excluding carboxylic acids is 2. The van der Waals surface area contributed by atoms with Crippen LogP contribution in [-0.4, -0.2) is 57.0 Å². The zero-order chi connectivity index (χ0) is 20.1. The van der Waals surface area contributed by atoms with Gasteiger partial charge in [0.15, 0.2) is 0 Å². The Kier molecular flexibility index (Phi) is 4.94. The van der Waals surface area contributed by atoms with Gasteiger partial charge in [-0.3, -0.25) is 4.90 Å². The Morgan fingerprint density at radius 1 is 1.04 bits per heavy atom. The summed E-state index contributed by atoms with van der Waals surface area (Å²) in [6.45, 7) is 12.0. The van der Waals surface area contributed by atoms with Gasteiger partial charge < -0.3 is 19.9 Å². The van der Waals surface area contributed by atoms with Crippen molar-refractivity contribution in [3.63, 3.8) is 0 Å². The maximum absolute atomic E-state index is 12.7. The van der Waals surface area contributed by atoms with E-state index in [4.69, 9.17) is 9.47 Å². The maximum atomic E-state index is 12.7. The molecule has 2 amide bonds. The molecule has 1 aliphatic heterocycles. The lowest BCUT2D eigenvalue weighted by atomic mass is 9.83. The van der Waals surface area contributed by atoms with Crippen molar-refractivity contribution in [3.05, 3.63) is 0 Å². The van der Waals surface area contributed by atoms with Crippen LogP contribution >= 0.6 is 0 Å². The molecule has 0 spiro atoms. The van der Waals surface area contributed by atoms with Gasteiger partial charge >= 0.3 is 18.2 Å². The summed E-state index contributed by atoms with van der Waals surface area (Å²) in [6.07, 6.45) is -0.268. The Hall–Kier alpha value is -1.99. The van der Waals surface area contributed by atoms with Gasteiger partial charge in [0, 0.05) is 0 Å². The van der Waals surface area contributed by atoms with Crippen LogP contribution in [0.2, 0.25) is 0 Å². The fourth-order valence-corrected chi connectivity index (χ4v) is 3.83. The number of ether oxygens (including phenoxy) is 2. The van der Waals surface area contributed by atoms with Crippen molar-refractivity contribution >= 4 is 18.2 Å². The first kappa shape index (κ1) is 20.3. The molecule has 148 valence electrons. The molecule has 2 fully saturated rings. The Labute approximate surface area is 154 Å². The second-order valence-electron chi connectivity index (χ2n) is 9.29. The quantitative estimate of drug-likeness (QED) is 0.774. The van der Waals surface area contributed by atoms with Crippen LogP contribution in [0.1, 0.15) is 61.3 Å². The fourth-order valence-electron chi connectivity index (χ4n) is 3.83. The van der Waals surface area contributed by atoms with Crippen molar-refractivity contribution in [1.82, 2.24) is 10.2 Å². The first-order valence-corrected chi connectivity index (χ1v) is 8.90. The van der Waals surface area contributed by atoms with Gasteiger partial charge in [0.1, 0.15) is 16.7 Å². The third-order valence-corrected chi connectivity index (χ3v) is 4.88. The van der Waals surface area contributed by atoms with Crippen LogP contribution in [0.15, 0.2) is 0 Å². The number of nitrogens with one attached hydrogen (secondary N) is 1. The Balaban J connectivity index is 2.22. The lowest BCUT2D eigenvalue weighted by Crippen LogP contribution is -2.64. The van der Waals surface area contributed by atoms with Gasteiger partial charge in [0.25, 0.3) is 0 Å². The summed E-state index contributed by atoms with van der Waals surface area (Å²) in [5.74, 6) is -1.33. The van der Waals surface area contributed by atoms with E-state index in [1.807, 2.05) is 0 Å². The highest BCUT2D eigenvalue weighted by Gasteiger charge is 2.64. The van der Waals surface area contributed by atoms with Crippen molar-refractivity contribution in [3.8, 4) is 0 Å². The number of alkyl carbamates (subject to hydrolysis) is 1. The predicted molar refractivity (Wildman–Crippen MR) is 93.8 cm³/mol. The van der Waals surface area contributed by atoms with Crippen LogP contribution in [0.3, 0.4) is 0 Å². The fraction of sp³-hybridized carbons (Fsp3) is 0.833. The molecule has 2 bridgehead atoms. The monoisotopic (exact) mass is 370 g/mol.